The molecule has 2 heterocycles. The molecule has 0 aliphatic carbocycles. The third-order valence-electron chi connectivity index (χ3n) is 8.89. The molecule has 0 bridgehead atoms. The van der Waals surface area contributed by atoms with Crippen molar-refractivity contribution in [2.24, 2.45) is 0 Å². The summed E-state index contributed by atoms with van der Waals surface area (Å²) >= 11 is 1.45. The zero-order valence-corrected chi connectivity index (χ0v) is 29.5. The first-order valence-corrected chi connectivity index (χ1v) is 18.4. The number of rotatable bonds is 20. The van der Waals surface area contributed by atoms with Crippen molar-refractivity contribution in [3.63, 3.8) is 0 Å². The average Bonchev–Trinajstić information content (AvgIpc) is 3.51. The molecule has 3 aromatic carbocycles. The van der Waals surface area contributed by atoms with E-state index in [0.29, 0.717) is 28.1 Å². The van der Waals surface area contributed by atoms with Gasteiger partial charge in [-0.25, -0.2) is 4.98 Å². The summed E-state index contributed by atoms with van der Waals surface area (Å²) in [7, 11) is 3.21. The van der Waals surface area contributed by atoms with Crippen LogP contribution < -0.4 is 19.5 Å². The van der Waals surface area contributed by atoms with Gasteiger partial charge in [0.15, 0.2) is 16.6 Å². The Morgan fingerprint density at radius 2 is 1.42 bits per heavy atom. The number of hydrogen-bond acceptors (Lipinski definition) is 7. The number of nitrogens with one attached hydrogen (secondary N) is 1. The molecule has 0 saturated carbocycles. The van der Waals surface area contributed by atoms with Gasteiger partial charge < -0.3 is 19.5 Å². The summed E-state index contributed by atoms with van der Waals surface area (Å²) in [5, 5.41) is 4.54. The number of anilines is 1. The lowest BCUT2D eigenvalue weighted by Gasteiger charge is -2.16. The second-order valence-corrected chi connectivity index (χ2v) is 13.4. The Hall–Kier alpha value is -4.17. The van der Waals surface area contributed by atoms with E-state index >= 15 is 0 Å². The Kier molecular flexibility index (Phi) is 13.5. The molecule has 0 saturated heterocycles. The summed E-state index contributed by atoms with van der Waals surface area (Å²) in [5.74, 6) is 2.32. The quantitative estimate of drug-likeness (QED) is 0.0832. The van der Waals surface area contributed by atoms with E-state index in [9.17, 15) is 4.79 Å². The van der Waals surface area contributed by atoms with Gasteiger partial charge in [0, 0.05) is 23.7 Å². The third-order valence-corrected chi connectivity index (χ3v) is 9.82. The fourth-order valence-corrected chi connectivity index (χ4v) is 7.10. The Morgan fingerprint density at radius 3 is 2.10 bits per heavy atom. The van der Waals surface area contributed by atoms with Crippen LogP contribution in [0.25, 0.3) is 21.1 Å². The van der Waals surface area contributed by atoms with Crippen molar-refractivity contribution >= 4 is 43.5 Å². The highest BCUT2D eigenvalue weighted by Gasteiger charge is 2.22. The number of hydrogen-bond donors (Lipinski definition) is 1. The summed E-state index contributed by atoms with van der Waals surface area (Å²) in [4.78, 5) is 22.9. The maximum absolute atomic E-state index is 13.7. The Labute approximate surface area is 289 Å². The zero-order valence-electron chi connectivity index (χ0n) is 28.6. The van der Waals surface area contributed by atoms with Crippen molar-refractivity contribution < 1.29 is 19.0 Å². The number of nitrogens with zero attached hydrogens (tertiary/aromatic N) is 2. The molecule has 5 aromatic rings. The lowest BCUT2D eigenvalue weighted by molar-refractivity contribution is -0.117. The van der Waals surface area contributed by atoms with Crippen molar-refractivity contribution in [3.05, 3.63) is 78.5 Å². The van der Waals surface area contributed by atoms with Crippen molar-refractivity contribution in [3.8, 4) is 23.0 Å². The molecule has 0 radical (unpaired) electrons. The standard InChI is InChI=1S/C40H49N3O4S/c1-4-5-6-7-8-9-10-11-12-13-14-18-21-31(29-19-16-15-17-20-29)39(44)43-40-42-33-23-22-30(26-38(33)48-40)47-35-24-25-41-34-28-37(46-3)36(45-2)27-32(34)35/h15-17,19-20,22-28,31H,4-14,18,21H2,1-3H3,(H,42,43,44). The molecular formula is C40H49N3O4S. The zero-order chi connectivity index (χ0) is 33.6. The van der Waals surface area contributed by atoms with Crippen LogP contribution in [0.15, 0.2) is 72.9 Å². The molecule has 48 heavy (non-hydrogen) atoms. The van der Waals surface area contributed by atoms with E-state index in [1.807, 2.05) is 54.6 Å². The molecule has 0 aliphatic heterocycles. The molecule has 1 N–H and O–H groups in total. The third kappa shape index (κ3) is 9.69. The minimum Gasteiger partial charge on any atom is -0.493 e. The molecule has 1 atom stereocenters. The molecule has 0 aliphatic rings. The monoisotopic (exact) mass is 667 g/mol. The number of methoxy groups -OCH3 is 2. The van der Waals surface area contributed by atoms with Gasteiger partial charge in [-0.15, -0.1) is 0 Å². The highest BCUT2D eigenvalue weighted by Crippen LogP contribution is 2.38. The number of unbranched alkanes of at least 4 members (excludes halogenated alkanes) is 11. The molecule has 2 aromatic heterocycles. The first-order valence-electron chi connectivity index (χ1n) is 17.5. The first-order chi connectivity index (χ1) is 23.6. The summed E-state index contributed by atoms with van der Waals surface area (Å²) in [6.07, 6.45) is 18.1. The molecule has 254 valence electrons. The predicted octanol–water partition coefficient (Wildman–Crippen LogP) is 11.5. The summed E-state index contributed by atoms with van der Waals surface area (Å²) in [6, 6.07) is 21.4. The van der Waals surface area contributed by atoms with Crippen LogP contribution in [0.1, 0.15) is 102 Å². The first kappa shape index (κ1) is 35.1. The van der Waals surface area contributed by atoms with Crippen molar-refractivity contribution in [1.82, 2.24) is 9.97 Å². The summed E-state index contributed by atoms with van der Waals surface area (Å²) in [5.41, 5.74) is 2.60. The molecule has 7 nitrogen and oxygen atoms in total. The van der Waals surface area contributed by atoms with E-state index in [1.165, 1.54) is 75.5 Å². The number of carbonyl (C=O) groups excluding carboxylic acids is 1. The van der Waals surface area contributed by atoms with Crippen molar-refractivity contribution in [2.45, 2.75) is 96.3 Å². The van der Waals surface area contributed by atoms with Crippen LogP contribution >= 0.6 is 11.3 Å². The normalized spacial score (nSPS) is 11.9. The lowest BCUT2D eigenvalue weighted by Crippen LogP contribution is -2.21. The van der Waals surface area contributed by atoms with Crippen LogP contribution in [-0.4, -0.2) is 30.1 Å². The fourth-order valence-electron chi connectivity index (χ4n) is 6.20. The van der Waals surface area contributed by atoms with Gasteiger partial charge in [-0.05, 0) is 36.2 Å². The fraction of sp³-hybridized carbons (Fsp3) is 0.425. The number of carbonyl (C=O) groups is 1. The average molecular weight is 668 g/mol. The molecule has 1 unspecified atom stereocenters. The van der Waals surface area contributed by atoms with Crippen LogP contribution in [0.5, 0.6) is 23.0 Å². The van der Waals surface area contributed by atoms with Gasteiger partial charge in [0.25, 0.3) is 0 Å². The number of pyridine rings is 1. The van der Waals surface area contributed by atoms with Crippen LogP contribution in [0.2, 0.25) is 0 Å². The van der Waals surface area contributed by atoms with E-state index < -0.39 is 0 Å². The minimum atomic E-state index is -0.212. The Balaban J connectivity index is 1.18. The van der Waals surface area contributed by atoms with Gasteiger partial charge in [-0.3, -0.25) is 9.78 Å². The van der Waals surface area contributed by atoms with Gasteiger partial charge in [0.05, 0.1) is 35.9 Å². The summed E-state index contributed by atoms with van der Waals surface area (Å²) < 4.78 is 18.2. The number of fused-ring (bicyclic) bond motifs is 2. The number of aromatic nitrogens is 2. The topological polar surface area (TPSA) is 82.6 Å². The minimum absolute atomic E-state index is 0.00701. The van der Waals surface area contributed by atoms with Crippen LogP contribution in [0, 0.1) is 0 Å². The number of thiazole rings is 1. The highest BCUT2D eigenvalue weighted by atomic mass is 32.1. The van der Waals surface area contributed by atoms with E-state index in [0.717, 1.165) is 45.9 Å². The maximum atomic E-state index is 13.7. The maximum Gasteiger partial charge on any atom is 0.233 e. The van der Waals surface area contributed by atoms with Gasteiger partial charge in [-0.2, -0.15) is 0 Å². The highest BCUT2D eigenvalue weighted by molar-refractivity contribution is 7.22. The largest absolute Gasteiger partial charge is 0.493 e. The van der Waals surface area contributed by atoms with Gasteiger partial charge in [-0.1, -0.05) is 126 Å². The van der Waals surface area contributed by atoms with E-state index in [1.54, 1.807) is 20.4 Å². The summed E-state index contributed by atoms with van der Waals surface area (Å²) in [6.45, 7) is 2.27. The molecule has 8 heteroatoms. The van der Waals surface area contributed by atoms with E-state index in [4.69, 9.17) is 19.2 Å². The molecule has 5 rings (SSSR count). The van der Waals surface area contributed by atoms with E-state index in [-0.39, 0.29) is 11.8 Å². The van der Waals surface area contributed by atoms with Gasteiger partial charge in [0.1, 0.15) is 11.5 Å². The number of ether oxygens (including phenoxy) is 3. The lowest BCUT2D eigenvalue weighted by atomic mass is 9.92. The molecule has 1 amide bonds. The van der Waals surface area contributed by atoms with Crippen LogP contribution in [-0.2, 0) is 4.79 Å². The van der Waals surface area contributed by atoms with Crippen LogP contribution in [0.4, 0.5) is 5.13 Å². The molecule has 0 spiro atoms. The second-order valence-electron chi connectivity index (χ2n) is 12.4. The predicted molar refractivity (Wildman–Crippen MR) is 198 cm³/mol. The van der Waals surface area contributed by atoms with Crippen molar-refractivity contribution in [1.29, 1.82) is 0 Å². The van der Waals surface area contributed by atoms with Crippen molar-refractivity contribution in [2.75, 3.05) is 19.5 Å². The SMILES string of the molecule is CCCCCCCCCCCCCCC(C(=O)Nc1nc2ccc(Oc3ccnc4cc(OC)c(OC)cc34)cc2s1)c1ccccc1. The van der Waals surface area contributed by atoms with Crippen LogP contribution in [0.3, 0.4) is 0 Å². The van der Waals surface area contributed by atoms with E-state index in [2.05, 4.69) is 29.4 Å². The molecular weight excluding hydrogens is 619 g/mol. The van der Waals surface area contributed by atoms with Gasteiger partial charge in [0.2, 0.25) is 5.91 Å². The Morgan fingerprint density at radius 1 is 0.750 bits per heavy atom. The second kappa shape index (κ2) is 18.4. The molecule has 0 fully saturated rings. The number of benzene rings is 3. The Bertz CT molecular complexity index is 1740. The number of amides is 1. The van der Waals surface area contributed by atoms with Gasteiger partial charge >= 0.3 is 0 Å². The smallest absolute Gasteiger partial charge is 0.233 e.